The molecular formula is C28H32N2O2. The van der Waals surface area contributed by atoms with E-state index in [4.69, 9.17) is 4.74 Å². The minimum atomic E-state index is 0.201. The van der Waals surface area contributed by atoms with Gasteiger partial charge in [0.25, 0.3) is 0 Å². The fourth-order valence-corrected chi connectivity index (χ4v) is 5.42. The van der Waals surface area contributed by atoms with Gasteiger partial charge in [0.15, 0.2) is 0 Å². The monoisotopic (exact) mass is 428 g/mol. The van der Waals surface area contributed by atoms with E-state index in [1.807, 2.05) is 6.07 Å². The lowest BCUT2D eigenvalue weighted by Gasteiger charge is -2.33. The molecule has 5 rings (SSSR count). The lowest BCUT2D eigenvalue weighted by Crippen LogP contribution is -2.37. The van der Waals surface area contributed by atoms with Gasteiger partial charge in [-0.2, -0.15) is 0 Å². The van der Waals surface area contributed by atoms with Crippen LogP contribution < -0.4 is 10.1 Å². The van der Waals surface area contributed by atoms with Crippen LogP contribution in [0.25, 0.3) is 10.8 Å². The van der Waals surface area contributed by atoms with Gasteiger partial charge in [-0.25, -0.2) is 0 Å². The Morgan fingerprint density at radius 2 is 1.78 bits per heavy atom. The largest absolute Gasteiger partial charge is 0.496 e. The van der Waals surface area contributed by atoms with E-state index in [0.29, 0.717) is 0 Å². The van der Waals surface area contributed by atoms with E-state index in [1.54, 1.807) is 7.11 Å². The molecule has 1 saturated heterocycles. The van der Waals surface area contributed by atoms with E-state index in [0.717, 1.165) is 57.6 Å². The van der Waals surface area contributed by atoms with Gasteiger partial charge in [0, 0.05) is 24.6 Å². The van der Waals surface area contributed by atoms with Gasteiger partial charge in [-0.1, -0.05) is 60.7 Å². The van der Waals surface area contributed by atoms with Crippen molar-refractivity contribution in [3.05, 3.63) is 77.9 Å². The number of hydrogen-bond acceptors (Lipinski definition) is 3. The minimum Gasteiger partial charge on any atom is -0.496 e. The van der Waals surface area contributed by atoms with Crippen molar-refractivity contribution in [3.63, 3.8) is 0 Å². The van der Waals surface area contributed by atoms with E-state index in [1.165, 1.54) is 21.9 Å². The van der Waals surface area contributed by atoms with Gasteiger partial charge in [0.1, 0.15) is 5.75 Å². The number of likely N-dealkylation sites (tertiary alicyclic amines) is 1. The number of nitrogens with zero attached hydrogens (tertiary/aromatic N) is 1. The number of carbonyl (C=O) groups is 1. The Morgan fingerprint density at radius 3 is 2.56 bits per heavy atom. The van der Waals surface area contributed by atoms with E-state index in [2.05, 4.69) is 70.9 Å². The molecule has 4 nitrogen and oxygen atoms in total. The fraction of sp³-hybridized carbons (Fsp3) is 0.393. The van der Waals surface area contributed by atoms with Gasteiger partial charge in [-0.15, -0.1) is 0 Å². The van der Waals surface area contributed by atoms with Crippen LogP contribution >= 0.6 is 0 Å². The molecule has 1 aliphatic carbocycles. The molecule has 1 atom stereocenters. The van der Waals surface area contributed by atoms with Crippen LogP contribution in [0.1, 0.15) is 30.4 Å². The first-order valence-corrected chi connectivity index (χ1v) is 11.8. The lowest BCUT2D eigenvalue weighted by atomic mass is 9.90. The summed E-state index contributed by atoms with van der Waals surface area (Å²) in [5.41, 5.74) is 2.78. The van der Waals surface area contributed by atoms with Gasteiger partial charge < -0.3 is 10.1 Å². The van der Waals surface area contributed by atoms with Gasteiger partial charge in [0.05, 0.1) is 7.11 Å². The minimum absolute atomic E-state index is 0.201. The molecule has 3 aromatic rings. The van der Waals surface area contributed by atoms with E-state index in [9.17, 15) is 4.79 Å². The molecule has 1 amide bonds. The molecule has 1 heterocycles. The fourth-order valence-electron chi connectivity index (χ4n) is 5.42. The number of amides is 1. The van der Waals surface area contributed by atoms with Crippen molar-refractivity contribution < 1.29 is 9.53 Å². The highest BCUT2D eigenvalue weighted by molar-refractivity contribution is 5.87. The molecule has 3 aromatic carbocycles. The van der Waals surface area contributed by atoms with Gasteiger partial charge in [0.2, 0.25) is 5.91 Å². The summed E-state index contributed by atoms with van der Waals surface area (Å²) in [5, 5.41) is 5.71. The highest BCUT2D eigenvalue weighted by Gasteiger charge is 2.58. The molecule has 1 unspecified atom stereocenters. The standard InChI is InChI=1S/C28H32N2O2/c1-32-26-12-11-22-9-5-6-10-23(22)24(26)20-30-17-14-28(15-18-30)19-25(28)27(31)29-16-13-21-7-3-2-4-8-21/h2-12,25H,13-20H2,1H3,(H,29,31). The van der Waals surface area contributed by atoms with Crippen LogP contribution in [0.3, 0.4) is 0 Å². The predicted octanol–water partition coefficient (Wildman–Crippen LogP) is 4.81. The summed E-state index contributed by atoms with van der Waals surface area (Å²) in [6.07, 6.45) is 4.16. The second kappa shape index (κ2) is 8.95. The molecule has 1 saturated carbocycles. The second-order valence-corrected chi connectivity index (χ2v) is 9.39. The normalized spacial score (nSPS) is 19.7. The van der Waals surface area contributed by atoms with Crippen LogP contribution in [0, 0.1) is 11.3 Å². The molecule has 1 aliphatic heterocycles. The summed E-state index contributed by atoms with van der Waals surface area (Å²) in [6, 6.07) is 23.1. The predicted molar refractivity (Wildman–Crippen MR) is 129 cm³/mol. The summed E-state index contributed by atoms with van der Waals surface area (Å²) in [5.74, 6) is 1.42. The SMILES string of the molecule is COc1ccc2ccccc2c1CN1CCC2(CC1)CC2C(=O)NCCc1ccccc1. The summed E-state index contributed by atoms with van der Waals surface area (Å²) in [4.78, 5) is 15.3. The summed E-state index contributed by atoms with van der Waals surface area (Å²) in [7, 11) is 1.75. The van der Waals surface area contributed by atoms with Crippen LogP contribution in [0.15, 0.2) is 66.7 Å². The molecule has 1 spiro atoms. The first kappa shape index (κ1) is 21.0. The van der Waals surface area contributed by atoms with Crippen molar-refractivity contribution in [1.82, 2.24) is 10.2 Å². The first-order chi connectivity index (χ1) is 15.7. The highest BCUT2D eigenvalue weighted by Crippen LogP contribution is 2.59. The Balaban J connectivity index is 1.15. The molecule has 2 aliphatic rings. The van der Waals surface area contributed by atoms with Crippen LogP contribution in [-0.4, -0.2) is 37.6 Å². The van der Waals surface area contributed by atoms with Crippen LogP contribution in [0.4, 0.5) is 0 Å². The number of hydrogen-bond donors (Lipinski definition) is 1. The molecule has 32 heavy (non-hydrogen) atoms. The van der Waals surface area contributed by atoms with Gasteiger partial charge in [-0.05, 0) is 66.6 Å². The van der Waals surface area contributed by atoms with Crippen molar-refractivity contribution in [2.24, 2.45) is 11.3 Å². The third-order valence-corrected chi connectivity index (χ3v) is 7.51. The maximum Gasteiger partial charge on any atom is 0.223 e. The Hall–Kier alpha value is -2.85. The Bertz CT molecular complexity index is 1090. The Labute approximate surface area is 190 Å². The zero-order chi connectivity index (χ0) is 22.0. The molecule has 166 valence electrons. The zero-order valence-electron chi connectivity index (χ0n) is 18.8. The molecular weight excluding hydrogens is 396 g/mol. The van der Waals surface area contributed by atoms with Crippen LogP contribution in [0.2, 0.25) is 0 Å². The number of rotatable bonds is 7. The van der Waals surface area contributed by atoms with Crippen molar-refractivity contribution >= 4 is 16.7 Å². The Morgan fingerprint density at radius 1 is 1.03 bits per heavy atom. The number of piperidine rings is 1. The third-order valence-electron chi connectivity index (χ3n) is 7.51. The molecule has 2 fully saturated rings. The summed E-state index contributed by atoms with van der Waals surface area (Å²) < 4.78 is 5.69. The smallest absolute Gasteiger partial charge is 0.223 e. The average molecular weight is 429 g/mol. The maximum atomic E-state index is 12.7. The van der Waals surface area contributed by atoms with Crippen molar-refractivity contribution in [2.45, 2.75) is 32.2 Å². The molecule has 4 heteroatoms. The number of carbonyl (C=O) groups excluding carboxylic acids is 1. The number of ether oxygens (including phenoxy) is 1. The van der Waals surface area contributed by atoms with Crippen molar-refractivity contribution in [1.29, 1.82) is 0 Å². The molecule has 1 N–H and O–H groups in total. The Kier molecular flexibility index (Phi) is 5.88. The maximum absolute atomic E-state index is 12.7. The molecule has 0 bridgehead atoms. The van der Waals surface area contributed by atoms with E-state index in [-0.39, 0.29) is 17.2 Å². The molecule has 0 aromatic heterocycles. The third kappa shape index (κ3) is 4.24. The molecule has 0 radical (unpaired) electrons. The zero-order valence-corrected chi connectivity index (χ0v) is 18.8. The van der Waals surface area contributed by atoms with E-state index >= 15 is 0 Å². The van der Waals surface area contributed by atoms with Crippen molar-refractivity contribution in [2.75, 3.05) is 26.7 Å². The van der Waals surface area contributed by atoms with Crippen molar-refractivity contribution in [3.8, 4) is 5.75 Å². The number of benzene rings is 3. The topological polar surface area (TPSA) is 41.6 Å². The highest BCUT2D eigenvalue weighted by atomic mass is 16.5. The van der Waals surface area contributed by atoms with Gasteiger partial charge >= 0.3 is 0 Å². The quantitative estimate of drug-likeness (QED) is 0.587. The van der Waals surface area contributed by atoms with E-state index < -0.39 is 0 Å². The summed E-state index contributed by atoms with van der Waals surface area (Å²) >= 11 is 0. The van der Waals surface area contributed by atoms with Crippen LogP contribution in [0.5, 0.6) is 5.75 Å². The van der Waals surface area contributed by atoms with Crippen LogP contribution in [-0.2, 0) is 17.8 Å². The number of methoxy groups -OCH3 is 1. The number of nitrogens with one attached hydrogen (secondary N) is 1. The first-order valence-electron chi connectivity index (χ1n) is 11.8. The number of fused-ring (bicyclic) bond motifs is 1. The second-order valence-electron chi connectivity index (χ2n) is 9.39. The van der Waals surface area contributed by atoms with Gasteiger partial charge in [-0.3, -0.25) is 9.69 Å². The average Bonchev–Trinajstić information content (AvgIpc) is 3.55. The lowest BCUT2D eigenvalue weighted by molar-refractivity contribution is -0.123. The summed E-state index contributed by atoms with van der Waals surface area (Å²) in [6.45, 7) is 3.71.